The number of likely N-dealkylation sites (tertiary alicyclic amines) is 1. The van der Waals surface area contributed by atoms with Crippen LogP contribution in [0.2, 0.25) is 0 Å². The third-order valence-electron chi connectivity index (χ3n) is 6.35. The van der Waals surface area contributed by atoms with Gasteiger partial charge in [-0.05, 0) is 43.6 Å². The molecule has 0 saturated carbocycles. The van der Waals surface area contributed by atoms with E-state index in [1.165, 1.54) is 19.3 Å². The molecule has 2 aromatic carbocycles. The Morgan fingerprint density at radius 2 is 1.67 bits per heavy atom. The van der Waals surface area contributed by atoms with Gasteiger partial charge in [0.2, 0.25) is 0 Å². The van der Waals surface area contributed by atoms with Crippen molar-refractivity contribution in [2.24, 2.45) is 5.10 Å². The van der Waals surface area contributed by atoms with Crippen molar-refractivity contribution in [3.8, 4) is 0 Å². The first-order valence-electron chi connectivity index (χ1n) is 11.5. The van der Waals surface area contributed by atoms with Gasteiger partial charge in [-0.3, -0.25) is 9.69 Å². The van der Waals surface area contributed by atoms with Gasteiger partial charge in [-0.25, -0.2) is 9.99 Å². The van der Waals surface area contributed by atoms with Gasteiger partial charge in [0.15, 0.2) is 0 Å². The maximum Gasteiger partial charge on any atom is 0.261 e. The monoisotopic (exact) mass is 455 g/mol. The standard InChI is InChI=1S/C26H25N5OS/c32-25-23-24-21(33-26(23)28-22(27-25)17-30-14-8-3-9-15-30)16-20(18-10-4-1-5-11-18)29-31(24)19-12-6-2-7-13-19/h1-2,4-7,10-13H,3,8-9,14-17H2,(H,27,28,32). The Bertz CT molecular complexity index is 1370. The van der Waals surface area contributed by atoms with Crippen LogP contribution in [0.4, 0.5) is 11.4 Å². The van der Waals surface area contributed by atoms with Crippen LogP contribution >= 0.6 is 11.3 Å². The molecule has 0 radical (unpaired) electrons. The van der Waals surface area contributed by atoms with Crippen molar-refractivity contribution in [3.05, 3.63) is 87.3 Å². The van der Waals surface area contributed by atoms with Crippen LogP contribution in [-0.2, 0) is 13.0 Å². The zero-order chi connectivity index (χ0) is 22.2. The molecule has 0 spiro atoms. The van der Waals surface area contributed by atoms with Crippen molar-refractivity contribution in [1.82, 2.24) is 14.9 Å². The number of thiophene rings is 1. The topological polar surface area (TPSA) is 64.6 Å². The molecule has 2 aromatic heterocycles. The number of fused-ring (bicyclic) bond motifs is 3. The number of hydrogen-bond acceptors (Lipinski definition) is 6. The van der Waals surface area contributed by atoms with Crippen molar-refractivity contribution < 1.29 is 0 Å². The molecule has 33 heavy (non-hydrogen) atoms. The van der Waals surface area contributed by atoms with Crippen LogP contribution in [0.5, 0.6) is 0 Å². The van der Waals surface area contributed by atoms with E-state index in [0.29, 0.717) is 18.4 Å². The number of anilines is 2. The molecule has 7 heteroatoms. The highest BCUT2D eigenvalue weighted by Gasteiger charge is 2.29. The predicted octanol–water partition coefficient (Wildman–Crippen LogP) is 5.07. The van der Waals surface area contributed by atoms with Crippen molar-refractivity contribution in [3.63, 3.8) is 0 Å². The minimum absolute atomic E-state index is 0.0798. The van der Waals surface area contributed by atoms with E-state index in [0.717, 1.165) is 51.3 Å². The molecule has 4 heterocycles. The van der Waals surface area contributed by atoms with E-state index in [9.17, 15) is 4.79 Å². The van der Waals surface area contributed by atoms with Gasteiger partial charge in [-0.2, -0.15) is 5.10 Å². The minimum Gasteiger partial charge on any atom is -0.309 e. The molecule has 166 valence electrons. The zero-order valence-electron chi connectivity index (χ0n) is 18.3. The van der Waals surface area contributed by atoms with Crippen molar-refractivity contribution in [1.29, 1.82) is 0 Å². The average Bonchev–Trinajstić information content (AvgIpc) is 3.24. The van der Waals surface area contributed by atoms with Gasteiger partial charge in [0.25, 0.3) is 5.56 Å². The van der Waals surface area contributed by atoms with E-state index in [1.54, 1.807) is 11.3 Å². The summed E-state index contributed by atoms with van der Waals surface area (Å²) in [6, 6.07) is 20.3. The summed E-state index contributed by atoms with van der Waals surface area (Å²) >= 11 is 1.61. The number of rotatable bonds is 4. The maximum absolute atomic E-state index is 13.3. The molecule has 6 rings (SSSR count). The van der Waals surface area contributed by atoms with E-state index in [2.05, 4.69) is 22.0 Å². The number of nitrogens with zero attached hydrogens (tertiary/aromatic N) is 4. The summed E-state index contributed by atoms with van der Waals surface area (Å²) in [6.45, 7) is 2.83. The van der Waals surface area contributed by atoms with E-state index >= 15 is 0 Å². The largest absolute Gasteiger partial charge is 0.309 e. The van der Waals surface area contributed by atoms with Gasteiger partial charge in [-0.15, -0.1) is 11.3 Å². The molecule has 2 aliphatic rings. The summed E-state index contributed by atoms with van der Waals surface area (Å²) in [7, 11) is 0. The number of hydrazone groups is 1. The molecular formula is C26H25N5OS. The second-order valence-electron chi connectivity index (χ2n) is 8.64. The summed E-state index contributed by atoms with van der Waals surface area (Å²) in [5, 5.41) is 7.57. The van der Waals surface area contributed by atoms with Crippen LogP contribution in [0.3, 0.4) is 0 Å². The number of aromatic nitrogens is 2. The summed E-state index contributed by atoms with van der Waals surface area (Å²) in [5.74, 6) is 0.753. The van der Waals surface area contributed by atoms with Crippen LogP contribution in [-0.4, -0.2) is 33.7 Å². The predicted molar refractivity (Wildman–Crippen MR) is 135 cm³/mol. The lowest BCUT2D eigenvalue weighted by Gasteiger charge is -2.26. The number of benzene rings is 2. The van der Waals surface area contributed by atoms with Crippen molar-refractivity contribution >= 4 is 38.6 Å². The number of piperidine rings is 1. The highest BCUT2D eigenvalue weighted by atomic mass is 32.1. The maximum atomic E-state index is 13.3. The highest BCUT2D eigenvalue weighted by molar-refractivity contribution is 7.19. The van der Waals surface area contributed by atoms with Gasteiger partial charge in [0.05, 0.1) is 23.6 Å². The molecule has 0 unspecified atom stereocenters. The Labute approximate surface area is 196 Å². The van der Waals surface area contributed by atoms with Crippen LogP contribution in [0.25, 0.3) is 10.2 Å². The summed E-state index contributed by atoms with van der Waals surface area (Å²) in [5.41, 5.74) is 3.80. The quantitative estimate of drug-likeness (QED) is 0.467. The van der Waals surface area contributed by atoms with Crippen LogP contribution < -0.4 is 10.6 Å². The van der Waals surface area contributed by atoms with E-state index in [1.807, 2.05) is 53.5 Å². The van der Waals surface area contributed by atoms with Gasteiger partial charge in [0, 0.05) is 11.3 Å². The molecule has 1 N–H and O–H groups in total. The fourth-order valence-corrected chi connectivity index (χ4v) is 5.91. The molecule has 0 bridgehead atoms. The lowest BCUT2D eigenvalue weighted by Crippen LogP contribution is -2.30. The lowest BCUT2D eigenvalue weighted by molar-refractivity contribution is 0.216. The van der Waals surface area contributed by atoms with Crippen LogP contribution in [0.15, 0.2) is 70.6 Å². The lowest BCUT2D eigenvalue weighted by atomic mass is 10.0. The molecule has 6 nitrogen and oxygen atoms in total. The van der Waals surface area contributed by atoms with Gasteiger partial charge in [-0.1, -0.05) is 55.0 Å². The second kappa shape index (κ2) is 8.57. The highest BCUT2D eigenvalue weighted by Crippen LogP contribution is 2.42. The minimum atomic E-state index is -0.0798. The zero-order valence-corrected chi connectivity index (χ0v) is 19.1. The molecule has 4 aromatic rings. The summed E-state index contributed by atoms with van der Waals surface area (Å²) < 4.78 is 0. The van der Waals surface area contributed by atoms with Gasteiger partial charge < -0.3 is 4.98 Å². The average molecular weight is 456 g/mol. The van der Waals surface area contributed by atoms with Crippen LogP contribution in [0, 0.1) is 0 Å². The van der Waals surface area contributed by atoms with E-state index in [4.69, 9.17) is 10.1 Å². The third kappa shape index (κ3) is 3.87. The Morgan fingerprint density at radius 1 is 0.939 bits per heavy atom. The Balaban J connectivity index is 1.46. The van der Waals surface area contributed by atoms with E-state index in [-0.39, 0.29) is 5.56 Å². The second-order valence-corrected chi connectivity index (χ2v) is 9.72. The molecular weight excluding hydrogens is 430 g/mol. The summed E-state index contributed by atoms with van der Waals surface area (Å²) in [4.78, 5) is 25.6. The Hall–Kier alpha value is -3.29. The number of hydrogen-bond donors (Lipinski definition) is 1. The molecule has 1 fully saturated rings. The molecule has 0 amide bonds. The first kappa shape index (κ1) is 20.3. The fraction of sp³-hybridized carbons (Fsp3) is 0.269. The Kier molecular flexibility index (Phi) is 5.28. The normalized spacial score (nSPS) is 16.6. The molecule has 1 saturated heterocycles. The summed E-state index contributed by atoms with van der Waals surface area (Å²) in [6.07, 6.45) is 4.40. The van der Waals surface area contributed by atoms with Gasteiger partial charge in [0.1, 0.15) is 16.0 Å². The number of H-pyrrole nitrogens is 1. The first-order chi connectivity index (χ1) is 16.3. The molecule has 0 aliphatic carbocycles. The number of para-hydroxylation sites is 1. The third-order valence-corrected chi connectivity index (χ3v) is 7.42. The van der Waals surface area contributed by atoms with Crippen LogP contribution in [0.1, 0.15) is 35.5 Å². The van der Waals surface area contributed by atoms with Gasteiger partial charge >= 0.3 is 0 Å². The number of aromatic amines is 1. The molecule has 0 atom stereocenters. The fourth-order valence-electron chi connectivity index (χ4n) is 4.74. The first-order valence-corrected chi connectivity index (χ1v) is 12.3. The smallest absolute Gasteiger partial charge is 0.261 e. The number of nitrogens with one attached hydrogen (secondary N) is 1. The van der Waals surface area contributed by atoms with E-state index < -0.39 is 0 Å². The van der Waals surface area contributed by atoms with Crippen molar-refractivity contribution in [2.75, 3.05) is 18.1 Å². The Morgan fingerprint density at radius 3 is 2.42 bits per heavy atom. The molecule has 2 aliphatic heterocycles. The van der Waals surface area contributed by atoms with Crippen molar-refractivity contribution in [2.45, 2.75) is 32.2 Å². The SMILES string of the molecule is O=c1[nH]c(CN2CCCCC2)nc2sc3c(c12)N(c1ccccc1)N=C(c1ccccc1)C3.